The van der Waals surface area contributed by atoms with Gasteiger partial charge in [-0.3, -0.25) is 14.4 Å². The van der Waals surface area contributed by atoms with Crippen LogP contribution in [0.5, 0.6) is 5.75 Å². The van der Waals surface area contributed by atoms with E-state index in [0.29, 0.717) is 12.6 Å². The van der Waals surface area contributed by atoms with E-state index in [-0.39, 0.29) is 18.0 Å². The molecule has 1 aromatic heterocycles. The number of aromatic nitrogens is 2. The molecule has 3 heterocycles. The third-order valence-corrected chi connectivity index (χ3v) is 5.20. The fraction of sp³-hybridized carbons (Fsp3) is 0.474. The van der Waals surface area contributed by atoms with Gasteiger partial charge in [0.25, 0.3) is 0 Å². The van der Waals surface area contributed by atoms with Crippen LogP contribution in [-0.4, -0.2) is 46.3 Å². The Bertz CT molecular complexity index is 766. The third kappa shape index (κ3) is 3.14. The summed E-state index contributed by atoms with van der Waals surface area (Å²) in [5.74, 6) is 0.960. The molecule has 4 rings (SSSR count). The van der Waals surface area contributed by atoms with E-state index in [4.69, 9.17) is 4.74 Å². The second kappa shape index (κ2) is 6.52. The number of likely N-dealkylation sites (tertiary alicyclic amines) is 1. The molecule has 1 fully saturated rings. The number of nitrogens with one attached hydrogen (secondary N) is 1. The van der Waals surface area contributed by atoms with Gasteiger partial charge in [-0.05, 0) is 25.5 Å². The van der Waals surface area contributed by atoms with Gasteiger partial charge in [-0.1, -0.05) is 18.2 Å². The Hall–Kier alpha value is -2.34. The Morgan fingerprint density at radius 2 is 2.16 bits per heavy atom. The lowest BCUT2D eigenvalue weighted by Gasteiger charge is -2.42. The van der Waals surface area contributed by atoms with Crippen LogP contribution in [0.15, 0.2) is 36.7 Å². The van der Waals surface area contributed by atoms with E-state index in [1.165, 1.54) is 5.56 Å². The molecule has 0 saturated carbocycles. The first kappa shape index (κ1) is 16.1. The van der Waals surface area contributed by atoms with Crippen molar-refractivity contribution in [3.05, 3.63) is 47.8 Å². The summed E-state index contributed by atoms with van der Waals surface area (Å²) in [6.45, 7) is 6.38. The summed E-state index contributed by atoms with van der Waals surface area (Å²) in [7, 11) is 0. The van der Waals surface area contributed by atoms with Crippen molar-refractivity contribution in [2.45, 2.75) is 38.4 Å². The third-order valence-electron chi connectivity index (χ3n) is 5.20. The first-order chi connectivity index (χ1) is 12.1. The van der Waals surface area contributed by atoms with E-state index in [1.54, 1.807) is 0 Å². The van der Waals surface area contributed by atoms with Crippen molar-refractivity contribution >= 4 is 5.91 Å². The van der Waals surface area contributed by atoms with Crippen molar-refractivity contribution in [1.82, 2.24) is 20.0 Å². The molecule has 6 heteroatoms. The summed E-state index contributed by atoms with van der Waals surface area (Å²) in [6.07, 6.45) is 4.75. The Labute approximate surface area is 147 Å². The first-order valence-corrected chi connectivity index (χ1v) is 8.88. The molecule has 1 N–H and O–H groups in total. The average Bonchev–Trinajstić information content (AvgIpc) is 2.99. The number of carbonyl (C=O) groups is 1. The van der Waals surface area contributed by atoms with E-state index >= 15 is 0 Å². The summed E-state index contributed by atoms with van der Waals surface area (Å²) in [5, 5.41) is 7.57. The number of amides is 1. The summed E-state index contributed by atoms with van der Waals surface area (Å²) in [6, 6.07) is 8.21. The largest absolute Gasteiger partial charge is 0.493 e. The molecule has 2 unspecified atom stereocenters. The number of benzene rings is 1. The Morgan fingerprint density at radius 3 is 2.92 bits per heavy atom. The molecule has 2 aliphatic rings. The molecule has 0 aliphatic carbocycles. The van der Waals surface area contributed by atoms with Crippen LogP contribution in [0.1, 0.15) is 36.6 Å². The van der Waals surface area contributed by atoms with Crippen LogP contribution in [0.25, 0.3) is 0 Å². The quantitative estimate of drug-likeness (QED) is 0.926. The lowest BCUT2D eigenvalue weighted by atomic mass is 9.99. The van der Waals surface area contributed by atoms with Crippen molar-refractivity contribution in [1.29, 1.82) is 0 Å². The maximum atomic E-state index is 12.7. The minimum absolute atomic E-state index is 0.0331. The molecule has 25 heavy (non-hydrogen) atoms. The summed E-state index contributed by atoms with van der Waals surface area (Å²) in [5.41, 5.74) is 2.24. The highest BCUT2D eigenvalue weighted by molar-refractivity contribution is 5.82. The van der Waals surface area contributed by atoms with Crippen LogP contribution in [0.2, 0.25) is 0 Å². The van der Waals surface area contributed by atoms with E-state index < -0.39 is 0 Å². The van der Waals surface area contributed by atoms with Gasteiger partial charge in [0.05, 0.1) is 30.9 Å². The molecule has 1 aromatic carbocycles. The number of aryl methyl sites for hydroxylation is 1. The van der Waals surface area contributed by atoms with Gasteiger partial charge in [0.2, 0.25) is 5.91 Å². The first-order valence-electron chi connectivity index (χ1n) is 8.88. The van der Waals surface area contributed by atoms with Gasteiger partial charge in [-0.25, -0.2) is 0 Å². The number of nitrogens with zero attached hydrogens (tertiary/aromatic N) is 3. The fourth-order valence-corrected chi connectivity index (χ4v) is 3.55. The predicted molar refractivity (Wildman–Crippen MR) is 94.5 cm³/mol. The maximum Gasteiger partial charge on any atom is 0.237 e. The fourth-order valence-electron chi connectivity index (χ4n) is 3.55. The normalized spacial score (nSPS) is 21.8. The van der Waals surface area contributed by atoms with Gasteiger partial charge in [-0.2, -0.15) is 5.10 Å². The zero-order valence-corrected chi connectivity index (χ0v) is 14.7. The molecule has 2 aliphatic heterocycles. The number of hydrogen-bond donors (Lipinski definition) is 1. The van der Waals surface area contributed by atoms with Gasteiger partial charge in [-0.15, -0.1) is 0 Å². The molecule has 2 atom stereocenters. The summed E-state index contributed by atoms with van der Waals surface area (Å²) < 4.78 is 7.67. The average molecular weight is 340 g/mol. The van der Waals surface area contributed by atoms with Crippen LogP contribution in [0.3, 0.4) is 0 Å². The van der Waals surface area contributed by atoms with E-state index in [0.717, 1.165) is 30.8 Å². The molecule has 0 radical (unpaired) electrons. The van der Waals surface area contributed by atoms with Gasteiger partial charge in [0, 0.05) is 31.3 Å². The van der Waals surface area contributed by atoms with E-state index in [9.17, 15) is 4.79 Å². The van der Waals surface area contributed by atoms with Crippen LogP contribution in [0, 0.1) is 6.92 Å². The molecular weight excluding hydrogens is 316 g/mol. The van der Waals surface area contributed by atoms with Crippen molar-refractivity contribution in [3.63, 3.8) is 0 Å². The molecule has 1 saturated heterocycles. The molecule has 2 aromatic rings. The molecule has 0 bridgehead atoms. The van der Waals surface area contributed by atoms with E-state index in [1.807, 2.05) is 49.0 Å². The van der Waals surface area contributed by atoms with Crippen molar-refractivity contribution in [2.75, 3.05) is 19.7 Å². The van der Waals surface area contributed by atoms with E-state index in [2.05, 4.69) is 21.5 Å². The van der Waals surface area contributed by atoms with Gasteiger partial charge < -0.3 is 10.1 Å². The number of hydrogen-bond acceptors (Lipinski definition) is 4. The highest BCUT2D eigenvalue weighted by Crippen LogP contribution is 2.32. The number of fused-ring (bicyclic) bond motifs is 1. The maximum absolute atomic E-state index is 12.7. The lowest BCUT2D eigenvalue weighted by Crippen LogP contribution is -2.56. The second-order valence-electron chi connectivity index (χ2n) is 7.02. The SMILES string of the molecule is Cc1cnn(C2CN(C(C)C(=O)NC3CCOc4ccccc43)C2)c1. The number of para-hydroxylation sites is 1. The monoisotopic (exact) mass is 340 g/mol. The predicted octanol–water partition coefficient (Wildman–Crippen LogP) is 2.08. The topological polar surface area (TPSA) is 59.4 Å². The molecule has 0 spiro atoms. The van der Waals surface area contributed by atoms with Crippen molar-refractivity contribution in [2.24, 2.45) is 0 Å². The second-order valence-corrected chi connectivity index (χ2v) is 7.02. The number of rotatable bonds is 4. The minimum Gasteiger partial charge on any atom is -0.493 e. The highest BCUT2D eigenvalue weighted by Gasteiger charge is 2.36. The summed E-state index contributed by atoms with van der Waals surface area (Å²) >= 11 is 0. The van der Waals surface area contributed by atoms with Crippen LogP contribution < -0.4 is 10.1 Å². The Balaban J connectivity index is 1.35. The van der Waals surface area contributed by atoms with Crippen LogP contribution in [-0.2, 0) is 4.79 Å². The molecular formula is C19H24N4O2. The Morgan fingerprint density at radius 1 is 1.36 bits per heavy atom. The zero-order chi connectivity index (χ0) is 17.4. The minimum atomic E-state index is -0.136. The smallest absolute Gasteiger partial charge is 0.237 e. The molecule has 6 nitrogen and oxygen atoms in total. The lowest BCUT2D eigenvalue weighted by molar-refractivity contribution is -0.129. The van der Waals surface area contributed by atoms with Gasteiger partial charge in [0.15, 0.2) is 0 Å². The number of carbonyl (C=O) groups excluding carboxylic acids is 1. The van der Waals surface area contributed by atoms with Crippen molar-refractivity contribution < 1.29 is 9.53 Å². The van der Waals surface area contributed by atoms with Crippen LogP contribution in [0.4, 0.5) is 0 Å². The summed E-state index contributed by atoms with van der Waals surface area (Å²) in [4.78, 5) is 14.9. The zero-order valence-electron chi connectivity index (χ0n) is 14.7. The van der Waals surface area contributed by atoms with Gasteiger partial charge in [0.1, 0.15) is 5.75 Å². The standard InChI is InChI=1S/C19H24N4O2/c1-13-9-20-23(10-13)15-11-22(12-15)14(2)19(24)21-17-7-8-25-18-6-4-3-5-16(17)18/h3-6,9-10,14-15,17H,7-8,11-12H2,1-2H3,(H,21,24). The van der Waals surface area contributed by atoms with Crippen LogP contribution >= 0.6 is 0 Å². The van der Waals surface area contributed by atoms with Gasteiger partial charge >= 0.3 is 0 Å². The molecule has 132 valence electrons. The molecule has 1 amide bonds. The number of ether oxygens (including phenoxy) is 1. The highest BCUT2D eigenvalue weighted by atomic mass is 16.5. The van der Waals surface area contributed by atoms with Crippen molar-refractivity contribution in [3.8, 4) is 5.75 Å². The Kier molecular flexibility index (Phi) is 4.21.